The van der Waals surface area contributed by atoms with Crippen LogP contribution in [0.4, 0.5) is 4.39 Å². The molecule has 0 saturated carbocycles. The number of carbonyl (C=O) groups is 1. The molecule has 2 aliphatic rings. The van der Waals surface area contributed by atoms with E-state index in [2.05, 4.69) is 9.88 Å². The SMILES string of the molecule is O=C(c1ccc(F)cc1)N1CCc2c(sc3ncn(CCCN4CCOCC4)c(=O)c23)C1. The number of nitrogens with zero attached hydrogens (tertiary/aromatic N) is 4. The van der Waals surface area contributed by atoms with Crippen molar-refractivity contribution in [2.75, 3.05) is 39.4 Å². The first kappa shape index (κ1) is 21.2. The van der Waals surface area contributed by atoms with Gasteiger partial charge in [-0.3, -0.25) is 19.1 Å². The van der Waals surface area contributed by atoms with Crippen molar-refractivity contribution in [3.8, 4) is 0 Å². The van der Waals surface area contributed by atoms with Crippen LogP contribution in [0, 0.1) is 5.82 Å². The third kappa shape index (κ3) is 4.20. The van der Waals surface area contributed by atoms with Gasteiger partial charge in [0.1, 0.15) is 10.6 Å². The van der Waals surface area contributed by atoms with Crippen LogP contribution >= 0.6 is 11.3 Å². The predicted molar refractivity (Wildman–Crippen MR) is 121 cm³/mol. The van der Waals surface area contributed by atoms with Crippen molar-refractivity contribution >= 4 is 27.5 Å². The zero-order valence-corrected chi connectivity index (χ0v) is 18.6. The van der Waals surface area contributed by atoms with Crippen LogP contribution in [0.2, 0.25) is 0 Å². The molecule has 0 bridgehead atoms. The standard InChI is InChI=1S/C23H25FN4O3S/c24-17-4-2-16(3-5-17)22(29)27-9-6-18-19(14-27)32-21-20(18)23(30)28(15-25-21)8-1-7-26-10-12-31-13-11-26/h2-5,15H,1,6-14H2. The molecule has 1 amide bonds. The van der Waals surface area contributed by atoms with Gasteiger partial charge in [0, 0.05) is 43.2 Å². The van der Waals surface area contributed by atoms with Crippen molar-refractivity contribution in [1.82, 2.24) is 19.4 Å². The fourth-order valence-corrected chi connectivity index (χ4v) is 5.61. The highest BCUT2D eigenvalue weighted by Gasteiger charge is 2.27. The lowest BCUT2D eigenvalue weighted by Crippen LogP contribution is -2.37. The Bertz CT molecular complexity index is 1180. The maximum absolute atomic E-state index is 13.2. The average Bonchev–Trinajstić information content (AvgIpc) is 3.20. The summed E-state index contributed by atoms with van der Waals surface area (Å²) in [4.78, 5) is 36.4. The fourth-order valence-electron chi connectivity index (χ4n) is 4.42. The molecule has 0 atom stereocenters. The maximum atomic E-state index is 13.2. The van der Waals surface area contributed by atoms with E-state index in [4.69, 9.17) is 4.74 Å². The van der Waals surface area contributed by atoms with Crippen molar-refractivity contribution in [2.45, 2.75) is 25.9 Å². The second-order valence-corrected chi connectivity index (χ2v) is 9.30. The van der Waals surface area contributed by atoms with E-state index < -0.39 is 0 Å². The largest absolute Gasteiger partial charge is 0.379 e. The van der Waals surface area contributed by atoms with Crippen LogP contribution in [-0.2, 0) is 24.2 Å². The highest BCUT2D eigenvalue weighted by atomic mass is 32.1. The normalized spacial score (nSPS) is 17.0. The lowest BCUT2D eigenvalue weighted by Gasteiger charge is -2.27. The summed E-state index contributed by atoms with van der Waals surface area (Å²) in [6.45, 7) is 5.98. The Hall–Kier alpha value is -2.62. The third-order valence-electron chi connectivity index (χ3n) is 6.18. The molecule has 168 valence electrons. The zero-order chi connectivity index (χ0) is 22.1. The highest BCUT2D eigenvalue weighted by molar-refractivity contribution is 7.18. The topological polar surface area (TPSA) is 67.7 Å². The lowest BCUT2D eigenvalue weighted by molar-refractivity contribution is 0.0369. The molecule has 0 N–H and O–H groups in total. The fraction of sp³-hybridized carbons (Fsp3) is 0.435. The Morgan fingerprint density at radius 3 is 2.69 bits per heavy atom. The first-order valence-electron chi connectivity index (χ1n) is 10.9. The Morgan fingerprint density at radius 1 is 1.12 bits per heavy atom. The molecule has 7 nitrogen and oxygen atoms in total. The summed E-state index contributed by atoms with van der Waals surface area (Å²) in [6.07, 6.45) is 3.16. The van der Waals surface area contributed by atoms with Crippen LogP contribution in [-0.4, -0.2) is 64.7 Å². The highest BCUT2D eigenvalue weighted by Crippen LogP contribution is 2.32. The van der Waals surface area contributed by atoms with Gasteiger partial charge in [-0.2, -0.15) is 0 Å². The predicted octanol–water partition coefficient (Wildman–Crippen LogP) is 2.52. The number of thiophene rings is 1. The molecule has 0 radical (unpaired) electrons. The van der Waals surface area contributed by atoms with E-state index in [0.717, 1.165) is 54.5 Å². The smallest absolute Gasteiger partial charge is 0.262 e. The maximum Gasteiger partial charge on any atom is 0.262 e. The van der Waals surface area contributed by atoms with Gasteiger partial charge in [0.05, 0.1) is 31.5 Å². The minimum absolute atomic E-state index is 0.00721. The molecule has 5 rings (SSSR count). The van der Waals surface area contributed by atoms with E-state index in [0.29, 0.717) is 37.0 Å². The number of amides is 1. The molecule has 3 aromatic rings. The van der Waals surface area contributed by atoms with Crippen molar-refractivity contribution in [3.05, 3.63) is 62.8 Å². The number of fused-ring (bicyclic) bond motifs is 3. The monoisotopic (exact) mass is 456 g/mol. The molecule has 4 heterocycles. The van der Waals surface area contributed by atoms with E-state index in [1.807, 2.05) is 0 Å². The Labute approximate surface area is 189 Å². The Balaban J connectivity index is 1.32. The minimum Gasteiger partial charge on any atom is -0.379 e. The first-order valence-corrected chi connectivity index (χ1v) is 11.8. The number of aryl methyl sites for hydroxylation is 1. The van der Waals surface area contributed by atoms with Gasteiger partial charge in [0.25, 0.3) is 11.5 Å². The molecule has 1 saturated heterocycles. The van der Waals surface area contributed by atoms with Crippen LogP contribution < -0.4 is 5.56 Å². The van der Waals surface area contributed by atoms with Crippen molar-refractivity contribution in [1.29, 1.82) is 0 Å². The summed E-state index contributed by atoms with van der Waals surface area (Å²) < 4.78 is 20.3. The number of rotatable bonds is 5. The molecule has 0 spiro atoms. The molecule has 2 aliphatic heterocycles. The van der Waals surface area contributed by atoms with Crippen LogP contribution in [0.5, 0.6) is 0 Å². The quantitative estimate of drug-likeness (QED) is 0.590. The van der Waals surface area contributed by atoms with Crippen molar-refractivity contribution < 1.29 is 13.9 Å². The average molecular weight is 457 g/mol. The third-order valence-corrected chi connectivity index (χ3v) is 7.31. The van der Waals surface area contributed by atoms with Gasteiger partial charge in [-0.15, -0.1) is 11.3 Å². The van der Waals surface area contributed by atoms with E-state index in [1.165, 1.54) is 35.6 Å². The lowest BCUT2D eigenvalue weighted by atomic mass is 10.0. The van der Waals surface area contributed by atoms with E-state index in [1.54, 1.807) is 15.8 Å². The summed E-state index contributed by atoms with van der Waals surface area (Å²) in [7, 11) is 0. The summed E-state index contributed by atoms with van der Waals surface area (Å²) in [5, 5.41) is 0.702. The summed E-state index contributed by atoms with van der Waals surface area (Å²) in [5.74, 6) is -0.485. The number of aromatic nitrogens is 2. The van der Waals surface area contributed by atoms with Gasteiger partial charge in [-0.1, -0.05) is 0 Å². The molecule has 1 fully saturated rings. The molecule has 1 aromatic carbocycles. The number of carbonyl (C=O) groups excluding carboxylic acids is 1. The number of ether oxygens (including phenoxy) is 1. The van der Waals surface area contributed by atoms with Crippen molar-refractivity contribution in [3.63, 3.8) is 0 Å². The number of hydrogen-bond acceptors (Lipinski definition) is 6. The Morgan fingerprint density at radius 2 is 1.91 bits per heavy atom. The van der Waals surface area contributed by atoms with Gasteiger partial charge >= 0.3 is 0 Å². The van der Waals surface area contributed by atoms with Gasteiger partial charge in [0.2, 0.25) is 0 Å². The van der Waals surface area contributed by atoms with Crippen LogP contribution in [0.3, 0.4) is 0 Å². The van der Waals surface area contributed by atoms with E-state index in [9.17, 15) is 14.0 Å². The van der Waals surface area contributed by atoms with Crippen molar-refractivity contribution in [2.24, 2.45) is 0 Å². The molecular weight excluding hydrogens is 431 g/mol. The van der Waals surface area contributed by atoms with E-state index in [-0.39, 0.29) is 17.3 Å². The molecule has 9 heteroatoms. The number of morpholine rings is 1. The van der Waals surface area contributed by atoms with Gasteiger partial charge in [-0.05, 0) is 42.7 Å². The van der Waals surface area contributed by atoms with Crippen LogP contribution in [0.15, 0.2) is 35.4 Å². The first-order chi connectivity index (χ1) is 15.6. The second kappa shape index (κ2) is 9.09. The number of benzene rings is 1. The Kier molecular flexibility index (Phi) is 6.03. The molecule has 2 aromatic heterocycles. The second-order valence-electron chi connectivity index (χ2n) is 8.22. The molecule has 0 unspecified atom stereocenters. The molecule has 0 aliphatic carbocycles. The minimum atomic E-state index is -0.362. The van der Waals surface area contributed by atoms with Gasteiger partial charge < -0.3 is 9.64 Å². The summed E-state index contributed by atoms with van der Waals surface area (Å²) in [6, 6.07) is 5.62. The van der Waals surface area contributed by atoms with Gasteiger partial charge in [-0.25, -0.2) is 9.37 Å². The van der Waals surface area contributed by atoms with E-state index >= 15 is 0 Å². The zero-order valence-electron chi connectivity index (χ0n) is 17.8. The number of hydrogen-bond donors (Lipinski definition) is 0. The number of halogens is 1. The van der Waals surface area contributed by atoms with Crippen LogP contribution in [0.1, 0.15) is 27.2 Å². The molecule has 32 heavy (non-hydrogen) atoms. The summed E-state index contributed by atoms with van der Waals surface area (Å²) >= 11 is 1.49. The summed E-state index contributed by atoms with van der Waals surface area (Å²) in [5.41, 5.74) is 1.50. The van der Waals surface area contributed by atoms with Gasteiger partial charge in [0.15, 0.2) is 0 Å². The molecular formula is C23H25FN4O3S. The van der Waals surface area contributed by atoms with Crippen LogP contribution in [0.25, 0.3) is 10.2 Å².